The SMILES string of the molecule is CS(=O)[O-].CS(=O)[O-].CS(=O)[O-].[Na+].[Na+].[Na+]. The summed E-state index contributed by atoms with van der Waals surface area (Å²) in [6.45, 7) is 0. The second-order valence-electron chi connectivity index (χ2n) is 1.20. The van der Waals surface area contributed by atoms with Crippen LogP contribution in [0, 0.1) is 0 Å². The minimum absolute atomic E-state index is 0. The summed E-state index contributed by atoms with van der Waals surface area (Å²) in [6.07, 6.45) is 3.25. The van der Waals surface area contributed by atoms with Crippen LogP contribution in [0.2, 0.25) is 0 Å². The molecular formula is C3H9Na3O6S3. The molecule has 0 aliphatic carbocycles. The summed E-state index contributed by atoms with van der Waals surface area (Å²) < 4.78 is 54.0. The van der Waals surface area contributed by atoms with Crippen molar-refractivity contribution in [1.82, 2.24) is 0 Å². The molecule has 12 heteroatoms. The summed E-state index contributed by atoms with van der Waals surface area (Å²) in [7, 11) is 0. The standard InChI is InChI=1S/3CH4O2S.3Na/c3*1-4(2)3;;;/h3*1H3,(H,2,3);;;/q;;;3*+1/p-3. The van der Waals surface area contributed by atoms with Gasteiger partial charge in [0.2, 0.25) is 0 Å². The fourth-order valence-corrected chi connectivity index (χ4v) is 0. The van der Waals surface area contributed by atoms with E-state index in [1.807, 2.05) is 0 Å². The Morgan fingerprint density at radius 1 is 0.600 bits per heavy atom. The summed E-state index contributed by atoms with van der Waals surface area (Å²) in [5.41, 5.74) is 0. The van der Waals surface area contributed by atoms with Crippen LogP contribution in [-0.4, -0.2) is 45.1 Å². The molecule has 0 N–H and O–H groups in total. The maximum atomic E-state index is 9.00. The first-order valence-corrected chi connectivity index (χ1v) is 6.67. The smallest absolute Gasteiger partial charge is 0.773 e. The van der Waals surface area contributed by atoms with Crippen LogP contribution in [0.15, 0.2) is 0 Å². The summed E-state index contributed by atoms with van der Waals surface area (Å²) in [5.74, 6) is 0. The van der Waals surface area contributed by atoms with Crippen molar-refractivity contribution in [3.05, 3.63) is 0 Å². The molecule has 3 unspecified atom stereocenters. The van der Waals surface area contributed by atoms with Crippen LogP contribution < -0.4 is 88.7 Å². The van der Waals surface area contributed by atoms with E-state index >= 15 is 0 Å². The van der Waals surface area contributed by atoms with Crippen molar-refractivity contribution in [2.45, 2.75) is 0 Å². The van der Waals surface area contributed by atoms with Crippen LogP contribution in [0.4, 0.5) is 0 Å². The minimum atomic E-state index is -1.86. The first-order chi connectivity index (χ1) is 5.20. The predicted molar refractivity (Wildman–Crippen MR) is 44.5 cm³/mol. The van der Waals surface area contributed by atoms with Crippen molar-refractivity contribution in [2.24, 2.45) is 0 Å². The number of rotatable bonds is 0. The summed E-state index contributed by atoms with van der Waals surface area (Å²) in [5, 5.41) is 0. The average molecular weight is 306 g/mol. The van der Waals surface area contributed by atoms with Gasteiger partial charge in [0.15, 0.2) is 0 Å². The molecule has 0 amide bonds. The van der Waals surface area contributed by atoms with Gasteiger partial charge in [0.25, 0.3) is 0 Å². The number of hydrogen-bond donors (Lipinski definition) is 0. The molecule has 0 aromatic heterocycles. The second-order valence-corrected chi connectivity index (χ2v) is 3.61. The number of hydrogen-bond acceptors (Lipinski definition) is 6. The molecular weight excluding hydrogens is 297 g/mol. The maximum absolute atomic E-state index is 9.00. The van der Waals surface area contributed by atoms with E-state index in [9.17, 15) is 0 Å². The monoisotopic (exact) mass is 306 g/mol. The van der Waals surface area contributed by atoms with Crippen molar-refractivity contribution >= 4 is 33.2 Å². The van der Waals surface area contributed by atoms with E-state index in [0.717, 1.165) is 18.8 Å². The molecule has 15 heavy (non-hydrogen) atoms. The van der Waals surface area contributed by atoms with Gasteiger partial charge in [-0.2, -0.15) is 0 Å². The minimum Gasteiger partial charge on any atom is -0.773 e. The molecule has 0 aliphatic heterocycles. The Labute approximate surface area is 164 Å². The van der Waals surface area contributed by atoms with Gasteiger partial charge >= 0.3 is 88.7 Å². The second kappa shape index (κ2) is 30.4. The van der Waals surface area contributed by atoms with Crippen molar-refractivity contribution in [3.63, 3.8) is 0 Å². The molecule has 0 rings (SSSR count). The third kappa shape index (κ3) is 367. The Kier molecular flexibility index (Phi) is 73.4. The summed E-state index contributed by atoms with van der Waals surface area (Å²) >= 11 is -5.58. The summed E-state index contributed by atoms with van der Waals surface area (Å²) in [6, 6.07) is 0. The Morgan fingerprint density at radius 2 is 0.600 bits per heavy atom. The molecule has 0 spiro atoms. The Hall–Kier alpha value is 3.33. The first-order valence-electron chi connectivity index (χ1n) is 2.22. The molecule has 0 radical (unpaired) electrons. The third-order valence-electron chi connectivity index (χ3n) is 0. The molecule has 0 saturated heterocycles. The zero-order chi connectivity index (χ0) is 10.7. The maximum Gasteiger partial charge on any atom is 1.00 e. The fraction of sp³-hybridized carbons (Fsp3) is 1.00. The van der Waals surface area contributed by atoms with E-state index in [2.05, 4.69) is 0 Å². The third-order valence-corrected chi connectivity index (χ3v) is 0. The van der Waals surface area contributed by atoms with Crippen molar-refractivity contribution in [3.8, 4) is 0 Å². The molecule has 0 aromatic rings. The van der Waals surface area contributed by atoms with E-state index in [1.54, 1.807) is 0 Å². The molecule has 3 atom stereocenters. The van der Waals surface area contributed by atoms with Gasteiger partial charge in [-0.15, -0.1) is 0 Å². The molecule has 78 valence electrons. The van der Waals surface area contributed by atoms with Gasteiger partial charge in [-0.05, 0) is 18.8 Å². The Bertz CT molecular complexity index is 126. The Balaban J connectivity index is -0.0000000184. The molecule has 0 fully saturated rings. The average Bonchev–Trinajstić information content (AvgIpc) is 1.54. The largest absolute Gasteiger partial charge is 1.00 e. The molecule has 0 bridgehead atoms. The predicted octanol–water partition coefficient (Wildman–Crippen LogP) is -10.5. The van der Waals surface area contributed by atoms with Crippen molar-refractivity contribution in [1.29, 1.82) is 0 Å². The first kappa shape index (κ1) is 36.2. The van der Waals surface area contributed by atoms with Crippen molar-refractivity contribution < 1.29 is 115 Å². The van der Waals surface area contributed by atoms with Gasteiger partial charge in [0, 0.05) is 0 Å². The molecule has 6 nitrogen and oxygen atoms in total. The molecule has 0 aromatic carbocycles. The fourth-order valence-electron chi connectivity index (χ4n) is 0. The quantitative estimate of drug-likeness (QED) is 0.324. The topological polar surface area (TPSA) is 120 Å². The van der Waals surface area contributed by atoms with Gasteiger partial charge in [-0.3, -0.25) is 12.6 Å². The van der Waals surface area contributed by atoms with Crippen molar-refractivity contribution in [2.75, 3.05) is 18.8 Å². The van der Waals surface area contributed by atoms with Crippen LogP contribution in [0.1, 0.15) is 0 Å². The van der Waals surface area contributed by atoms with Crippen LogP contribution >= 0.6 is 0 Å². The normalized spacial score (nSPS) is 12.4. The van der Waals surface area contributed by atoms with Gasteiger partial charge in [0.05, 0.1) is 0 Å². The Morgan fingerprint density at radius 3 is 0.600 bits per heavy atom. The van der Waals surface area contributed by atoms with Gasteiger partial charge in [-0.1, -0.05) is 33.2 Å². The van der Waals surface area contributed by atoms with E-state index < -0.39 is 33.2 Å². The zero-order valence-corrected chi connectivity index (χ0v) is 18.1. The molecule has 0 aliphatic rings. The van der Waals surface area contributed by atoms with Crippen LogP contribution in [0.3, 0.4) is 0 Å². The molecule has 0 heterocycles. The van der Waals surface area contributed by atoms with E-state index in [0.29, 0.717) is 0 Å². The van der Waals surface area contributed by atoms with Gasteiger partial charge in [0.1, 0.15) is 0 Å². The van der Waals surface area contributed by atoms with Crippen LogP contribution in [0.25, 0.3) is 0 Å². The van der Waals surface area contributed by atoms with E-state index in [1.165, 1.54) is 0 Å². The van der Waals surface area contributed by atoms with E-state index in [-0.39, 0.29) is 88.7 Å². The van der Waals surface area contributed by atoms with Crippen LogP contribution in [0.5, 0.6) is 0 Å². The van der Waals surface area contributed by atoms with Gasteiger partial charge in [-0.25, -0.2) is 0 Å². The van der Waals surface area contributed by atoms with E-state index in [4.69, 9.17) is 26.3 Å². The van der Waals surface area contributed by atoms with Gasteiger partial charge < -0.3 is 13.7 Å². The summed E-state index contributed by atoms with van der Waals surface area (Å²) in [4.78, 5) is 0. The molecule has 0 saturated carbocycles. The zero-order valence-electron chi connectivity index (χ0n) is 9.67. The van der Waals surface area contributed by atoms with Crippen LogP contribution in [-0.2, 0) is 33.2 Å².